The third-order valence-electron chi connectivity index (χ3n) is 6.85. The molecule has 2 aromatic carbocycles. The highest BCUT2D eigenvalue weighted by atomic mass is 35.5. The number of halogens is 2. The minimum atomic E-state index is -1.59. The molecule has 1 heterocycles. The quantitative estimate of drug-likeness (QED) is 0.0786. The molecule has 1 saturated carbocycles. The van der Waals surface area contributed by atoms with Crippen LogP contribution in [0.15, 0.2) is 81.1 Å². The number of carbonyl (C=O) groups excluding carboxylic acids is 2. The Bertz CT molecular complexity index is 1650. The molecule has 20 heteroatoms. The minimum Gasteiger partial charge on any atom is -0.454 e. The molecule has 1 aliphatic carbocycles. The molecule has 8 atom stereocenters. The van der Waals surface area contributed by atoms with Gasteiger partial charge in [0.2, 0.25) is 0 Å². The normalized spacial score (nSPS) is 26.6. The first-order valence-electron chi connectivity index (χ1n) is 13.3. The van der Waals surface area contributed by atoms with Crippen LogP contribution in [0.4, 0.5) is 0 Å². The minimum absolute atomic E-state index is 0.0513. The van der Waals surface area contributed by atoms with E-state index >= 15 is 0 Å². The van der Waals surface area contributed by atoms with E-state index in [0.29, 0.717) is 10.0 Å². The molecule has 0 saturated heterocycles. The lowest BCUT2D eigenvalue weighted by Crippen LogP contribution is -2.60. The van der Waals surface area contributed by atoms with Crippen molar-refractivity contribution < 1.29 is 28.5 Å². The van der Waals surface area contributed by atoms with E-state index in [0.717, 1.165) is 0 Å². The standard InChI is InChI=1S/C26H22Cl2N12O6/c27-15-5-1-13(2-6-15)24(41)44-21-19(35-39-31)11-20(36-40-32)22(23(21)45-25(42)14-3-7-16(28)8-4-14)46-26-18(34-38-30)10-9-17(43-26)12-33-37-29/h1-10,17-23,26H,11-12H2/t17-,18+,19+,20-,21-,22+,23+,26+/m0/s1. The van der Waals surface area contributed by atoms with Crippen LogP contribution in [-0.4, -0.2) is 67.3 Å². The molecule has 0 aromatic heterocycles. The number of hydrogen-bond donors (Lipinski definition) is 0. The van der Waals surface area contributed by atoms with Gasteiger partial charge in [-0.3, -0.25) is 0 Å². The number of hydrogen-bond acceptors (Lipinski definition) is 10. The van der Waals surface area contributed by atoms with Gasteiger partial charge in [0.1, 0.15) is 12.1 Å². The monoisotopic (exact) mass is 668 g/mol. The average Bonchev–Trinajstić information content (AvgIpc) is 3.05. The number of ether oxygens (including phenoxy) is 4. The van der Waals surface area contributed by atoms with Crippen molar-refractivity contribution in [2.24, 2.45) is 20.5 Å². The van der Waals surface area contributed by atoms with Crippen molar-refractivity contribution in [3.63, 3.8) is 0 Å². The molecule has 2 aliphatic rings. The summed E-state index contributed by atoms with van der Waals surface area (Å²) in [5.74, 6) is -1.80. The Hall–Kier alpha value is -5.14. The first kappa shape index (κ1) is 33.7. The van der Waals surface area contributed by atoms with Gasteiger partial charge in [0, 0.05) is 29.7 Å². The lowest BCUT2D eigenvalue weighted by atomic mass is 9.84. The topological polar surface area (TPSA) is 266 Å². The zero-order valence-corrected chi connectivity index (χ0v) is 24.9. The van der Waals surface area contributed by atoms with Crippen molar-refractivity contribution in [1.82, 2.24) is 0 Å². The Labute approximate surface area is 269 Å². The number of rotatable bonds is 11. The Balaban J connectivity index is 1.78. The van der Waals surface area contributed by atoms with Crippen molar-refractivity contribution in [2.45, 2.75) is 55.3 Å². The summed E-state index contributed by atoms with van der Waals surface area (Å²) >= 11 is 11.9. The fourth-order valence-corrected chi connectivity index (χ4v) is 5.02. The summed E-state index contributed by atoms with van der Waals surface area (Å²) < 4.78 is 23.8. The Morgan fingerprint density at radius 2 is 1.26 bits per heavy atom. The number of azide groups is 4. The first-order valence-corrected chi connectivity index (χ1v) is 14.1. The van der Waals surface area contributed by atoms with Crippen LogP contribution in [0.1, 0.15) is 27.1 Å². The predicted molar refractivity (Wildman–Crippen MR) is 161 cm³/mol. The largest absolute Gasteiger partial charge is 0.454 e. The van der Waals surface area contributed by atoms with E-state index in [2.05, 4.69) is 40.1 Å². The maximum atomic E-state index is 13.4. The molecule has 0 amide bonds. The van der Waals surface area contributed by atoms with E-state index in [1.54, 1.807) is 0 Å². The van der Waals surface area contributed by atoms with Crippen LogP contribution < -0.4 is 0 Å². The van der Waals surface area contributed by atoms with E-state index in [1.165, 1.54) is 60.7 Å². The fourth-order valence-electron chi connectivity index (χ4n) is 4.77. The Kier molecular flexibility index (Phi) is 11.9. The van der Waals surface area contributed by atoms with E-state index < -0.39 is 60.8 Å². The third-order valence-corrected chi connectivity index (χ3v) is 7.35. The molecule has 1 fully saturated rings. The van der Waals surface area contributed by atoms with Gasteiger partial charge in [0.05, 0.1) is 35.9 Å². The lowest BCUT2D eigenvalue weighted by Gasteiger charge is -2.44. The van der Waals surface area contributed by atoms with Crippen molar-refractivity contribution in [3.05, 3.63) is 124 Å². The van der Waals surface area contributed by atoms with Crippen LogP contribution in [-0.2, 0) is 18.9 Å². The highest BCUT2D eigenvalue weighted by Crippen LogP contribution is 2.35. The lowest BCUT2D eigenvalue weighted by molar-refractivity contribution is -0.232. The predicted octanol–water partition coefficient (Wildman–Crippen LogP) is 7.16. The summed E-state index contributed by atoms with van der Waals surface area (Å²) in [4.78, 5) is 38.0. The average molecular weight is 669 g/mol. The Morgan fingerprint density at radius 1 is 0.739 bits per heavy atom. The maximum absolute atomic E-state index is 13.4. The molecule has 0 N–H and O–H groups in total. The molecule has 0 radical (unpaired) electrons. The van der Waals surface area contributed by atoms with Gasteiger partial charge < -0.3 is 18.9 Å². The third kappa shape index (κ3) is 8.52. The molecule has 18 nitrogen and oxygen atoms in total. The summed E-state index contributed by atoms with van der Waals surface area (Å²) in [7, 11) is 0. The van der Waals surface area contributed by atoms with Crippen LogP contribution in [0.2, 0.25) is 10.0 Å². The van der Waals surface area contributed by atoms with E-state index in [4.69, 9.17) is 53.2 Å². The van der Waals surface area contributed by atoms with Crippen molar-refractivity contribution >= 4 is 35.1 Å². The highest BCUT2D eigenvalue weighted by Gasteiger charge is 2.51. The number of benzene rings is 2. The van der Waals surface area contributed by atoms with E-state index in [9.17, 15) is 20.7 Å². The number of esters is 2. The van der Waals surface area contributed by atoms with Crippen LogP contribution in [0, 0.1) is 0 Å². The molecular weight excluding hydrogens is 647 g/mol. The van der Waals surface area contributed by atoms with E-state index in [1.807, 2.05) is 0 Å². The fraction of sp³-hybridized carbons (Fsp3) is 0.385. The smallest absolute Gasteiger partial charge is 0.338 e. The molecule has 0 spiro atoms. The summed E-state index contributed by atoms with van der Waals surface area (Å²) in [6.07, 6.45) is -3.94. The molecule has 1 aliphatic heterocycles. The summed E-state index contributed by atoms with van der Waals surface area (Å²) in [5.41, 5.74) is 36.8. The summed E-state index contributed by atoms with van der Waals surface area (Å²) in [6.45, 7) is -0.143. The van der Waals surface area contributed by atoms with Gasteiger partial charge in [0.15, 0.2) is 18.5 Å². The van der Waals surface area contributed by atoms with Crippen molar-refractivity contribution in [2.75, 3.05) is 6.54 Å². The second-order valence-electron chi connectivity index (χ2n) is 9.67. The molecule has 236 valence electrons. The molecule has 46 heavy (non-hydrogen) atoms. The summed E-state index contributed by atoms with van der Waals surface area (Å²) in [5, 5.41) is 15.4. The van der Waals surface area contributed by atoms with Gasteiger partial charge >= 0.3 is 11.9 Å². The number of carbonyl (C=O) groups is 2. The van der Waals surface area contributed by atoms with Crippen LogP contribution >= 0.6 is 23.2 Å². The zero-order valence-electron chi connectivity index (χ0n) is 23.4. The highest BCUT2D eigenvalue weighted by molar-refractivity contribution is 6.31. The maximum Gasteiger partial charge on any atom is 0.338 e. The SMILES string of the molecule is [N-]=[N+]=NC[C@@H]1C=C[C@@H](N=[N+]=[N-])[C@@H](O[C@H]2[C@H](OC(=O)c3ccc(Cl)cc3)[C@@H](OC(=O)c3ccc(Cl)cc3)[C@H](N=[N+]=[N-])C[C@@H]2N=[N+]=[N-])O1. The van der Waals surface area contributed by atoms with Crippen LogP contribution in [0.25, 0.3) is 41.8 Å². The Morgan fingerprint density at radius 3 is 1.78 bits per heavy atom. The number of nitrogens with zero attached hydrogens (tertiary/aromatic N) is 12. The van der Waals surface area contributed by atoms with Crippen molar-refractivity contribution in [1.29, 1.82) is 0 Å². The van der Waals surface area contributed by atoms with Gasteiger partial charge in [0.25, 0.3) is 0 Å². The van der Waals surface area contributed by atoms with Crippen LogP contribution in [0.5, 0.6) is 0 Å². The van der Waals surface area contributed by atoms with Gasteiger partial charge in [-0.05, 0) is 77.1 Å². The molecular formula is C26H22Cl2N12O6. The molecule has 2 aromatic rings. The molecule has 0 unspecified atom stereocenters. The van der Waals surface area contributed by atoms with Gasteiger partial charge in [-0.25, -0.2) is 9.59 Å². The zero-order chi connectivity index (χ0) is 33.1. The second kappa shape index (κ2) is 16.3. The first-order chi connectivity index (χ1) is 22.3. The van der Waals surface area contributed by atoms with Crippen LogP contribution in [0.3, 0.4) is 0 Å². The molecule has 4 rings (SSSR count). The summed E-state index contributed by atoms with van der Waals surface area (Å²) in [6, 6.07) is 7.93. The van der Waals surface area contributed by atoms with Gasteiger partial charge in [-0.2, -0.15) is 0 Å². The molecule has 0 bridgehead atoms. The van der Waals surface area contributed by atoms with Gasteiger partial charge in [-0.15, -0.1) is 0 Å². The van der Waals surface area contributed by atoms with Gasteiger partial charge in [-0.1, -0.05) is 55.8 Å². The second-order valence-corrected chi connectivity index (χ2v) is 10.5. The van der Waals surface area contributed by atoms with E-state index in [-0.39, 0.29) is 24.1 Å². The van der Waals surface area contributed by atoms with Crippen molar-refractivity contribution in [3.8, 4) is 0 Å².